The molecule has 0 bridgehead atoms. The van der Waals surface area contributed by atoms with Gasteiger partial charge in [0.15, 0.2) is 0 Å². The average molecular weight is 353 g/mol. The summed E-state index contributed by atoms with van der Waals surface area (Å²) in [5, 5.41) is 3.60. The number of hydrogen-bond donors (Lipinski definition) is 1. The van der Waals surface area contributed by atoms with Crippen LogP contribution in [-0.4, -0.2) is 21.5 Å². The van der Waals surface area contributed by atoms with Crippen LogP contribution in [0.2, 0.25) is 0 Å². The number of aryl methyl sites for hydroxylation is 2. The molecule has 1 aliphatic carbocycles. The third-order valence-electron chi connectivity index (χ3n) is 4.44. The fourth-order valence-corrected chi connectivity index (χ4v) is 4.00. The van der Waals surface area contributed by atoms with Crippen molar-refractivity contribution >= 4 is 27.5 Å². The normalized spacial score (nSPS) is 14.0. The standard InChI is InChI=1S/C19H19N3O2S/c1-12-16(13-5-3-2-4-6-13)17-18(25-12)20-11-22(19(17)24)10-9-15(23)21-14-7-8-14/h2-6,11,14H,7-10H2,1H3,(H,21,23). The second kappa shape index (κ2) is 6.44. The zero-order chi connectivity index (χ0) is 17.4. The SMILES string of the molecule is Cc1sc2ncn(CCC(=O)NC3CC3)c(=O)c2c1-c1ccccc1. The number of rotatable bonds is 5. The maximum Gasteiger partial charge on any atom is 0.262 e. The molecule has 25 heavy (non-hydrogen) atoms. The van der Waals surface area contributed by atoms with Crippen LogP contribution in [0.5, 0.6) is 0 Å². The van der Waals surface area contributed by atoms with Crippen LogP contribution in [0, 0.1) is 6.92 Å². The van der Waals surface area contributed by atoms with Gasteiger partial charge in [-0.25, -0.2) is 4.98 Å². The molecule has 2 aromatic heterocycles. The van der Waals surface area contributed by atoms with E-state index in [0.717, 1.165) is 33.7 Å². The maximum atomic E-state index is 13.0. The molecule has 1 fully saturated rings. The summed E-state index contributed by atoms with van der Waals surface area (Å²) in [7, 11) is 0. The molecule has 0 spiro atoms. The van der Waals surface area contributed by atoms with E-state index in [1.807, 2.05) is 37.3 Å². The summed E-state index contributed by atoms with van der Waals surface area (Å²) in [5.41, 5.74) is 1.90. The number of thiophene rings is 1. The molecule has 1 aromatic carbocycles. The van der Waals surface area contributed by atoms with Gasteiger partial charge in [0.25, 0.3) is 5.56 Å². The first-order valence-corrected chi connectivity index (χ1v) is 9.28. The highest BCUT2D eigenvalue weighted by molar-refractivity contribution is 7.19. The Labute approximate surface area is 149 Å². The highest BCUT2D eigenvalue weighted by Gasteiger charge is 2.23. The largest absolute Gasteiger partial charge is 0.353 e. The molecule has 6 heteroatoms. The number of nitrogens with zero attached hydrogens (tertiary/aromatic N) is 2. The Kier molecular flexibility index (Phi) is 4.13. The van der Waals surface area contributed by atoms with Crippen LogP contribution >= 0.6 is 11.3 Å². The molecule has 2 heterocycles. The highest BCUT2D eigenvalue weighted by Crippen LogP contribution is 2.35. The van der Waals surface area contributed by atoms with Crippen molar-refractivity contribution in [2.45, 2.75) is 38.8 Å². The third-order valence-corrected chi connectivity index (χ3v) is 5.45. The van der Waals surface area contributed by atoms with E-state index in [0.29, 0.717) is 24.4 Å². The number of nitrogens with one attached hydrogen (secondary N) is 1. The Morgan fingerprint density at radius 1 is 1.32 bits per heavy atom. The number of benzene rings is 1. The van der Waals surface area contributed by atoms with Gasteiger partial charge in [-0.05, 0) is 25.3 Å². The van der Waals surface area contributed by atoms with E-state index < -0.39 is 0 Å². The maximum absolute atomic E-state index is 13.0. The minimum atomic E-state index is -0.0765. The van der Waals surface area contributed by atoms with Crippen LogP contribution < -0.4 is 10.9 Å². The Balaban J connectivity index is 1.69. The van der Waals surface area contributed by atoms with Gasteiger partial charge in [-0.1, -0.05) is 30.3 Å². The van der Waals surface area contributed by atoms with E-state index in [1.165, 1.54) is 11.3 Å². The Morgan fingerprint density at radius 3 is 2.80 bits per heavy atom. The van der Waals surface area contributed by atoms with Gasteiger partial charge in [-0.3, -0.25) is 14.2 Å². The molecule has 0 saturated heterocycles. The van der Waals surface area contributed by atoms with E-state index in [9.17, 15) is 9.59 Å². The van der Waals surface area contributed by atoms with Crippen molar-refractivity contribution in [3.63, 3.8) is 0 Å². The summed E-state index contributed by atoms with van der Waals surface area (Å²) in [5.74, 6) is -0.000668. The number of fused-ring (bicyclic) bond motifs is 1. The minimum Gasteiger partial charge on any atom is -0.353 e. The summed E-state index contributed by atoms with van der Waals surface area (Å²) in [6.45, 7) is 2.37. The molecule has 0 aliphatic heterocycles. The second-order valence-corrected chi connectivity index (χ2v) is 7.62. The number of hydrogen-bond acceptors (Lipinski definition) is 4. The molecular formula is C19H19N3O2S. The molecular weight excluding hydrogens is 334 g/mol. The molecule has 1 saturated carbocycles. The Morgan fingerprint density at radius 2 is 2.08 bits per heavy atom. The van der Waals surface area contributed by atoms with Gasteiger partial charge in [-0.2, -0.15) is 0 Å². The lowest BCUT2D eigenvalue weighted by molar-refractivity contribution is -0.121. The molecule has 4 rings (SSSR count). The number of amides is 1. The Hall–Kier alpha value is -2.47. The monoisotopic (exact) mass is 353 g/mol. The predicted octanol–water partition coefficient (Wildman–Crippen LogP) is 3.10. The summed E-state index contributed by atoms with van der Waals surface area (Å²) in [6, 6.07) is 10.3. The molecule has 1 N–H and O–H groups in total. The quantitative estimate of drug-likeness (QED) is 0.766. The van der Waals surface area contributed by atoms with Crippen LogP contribution in [-0.2, 0) is 11.3 Å². The van der Waals surface area contributed by atoms with Gasteiger partial charge in [0.05, 0.1) is 11.7 Å². The topological polar surface area (TPSA) is 64.0 Å². The summed E-state index contributed by atoms with van der Waals surface area (Å²) in [6.07, 6.45) is 3.98. The summed E-state index contributed by atoms with van der Waals surface area (Å²) >= 11 is 1.53. The van der Waals surface area contributed by atoms with Gasteiger partial charge in [0, 0.05) is 29.4 Å². The highest BCUT2D eigenvalue weighted by atomic mass is 32.1. The molecule has 1 amide bonds. The fourth-order valence-electron chi connectivity index (χ4n) is 3.00. The van der Waals surface area contributed by atoms with Gasteiger partial charge in [0.1, 0.15) is 4.83 Å². The first kappa shape index (κ1) is 16.0. The zero-order valence-corrected chi connectivity index (χ0v) is 14.8. The molecule has 128 valence electrons. The van der Waals surface area contributed by atoms with Gasteiger partial charge in [0.2, 0.25) is 5.91 Å². The average Bonchev–Trinajstić information content (AvgIpc) is 3.35. The van der Waals surface area contributed by atoms with E-state index in [2.05, 4.69) is 10.3 Å². The van der Waals surface area contributed by atoms with Crippen molar-refractivity contribution in [1.82, 2.24) is 14.9 Å². The van der Waals surface area contributed by atoms with Gasteiger partial charge < -0.3 is 5.32 Å². The van der Waals surface area contributed by atoms with Crippen molar-refractivity contribution in [1.29, 1.82) is 0 Å². The molecule has 0 unspecified atom stereocenters. The lowest BCUT2D eigenvalue weighted by atomic mass is 10.0. The zero-order valence-electron chi connectivity index (χ0n) is 14.0. The van der Waals surface area contributed by atoms with Crippen LogP contribution in [0.25, 0.3) is 21.3 Å². The minimum absolute atomic E-state index is 0.000668. The molecule has 3 aromatic rings. The third kappa shape index (κ3) is 3.22. The van der Waals surface area contributed by atoms with Crippen molar-refractivity contribution in [2.75, 3.05) is 0 Å². The van der Waals surface area contributed by atoms with Crippen LogP contribution in [0.15, 0.2) is 41.5 Å². The lowest BCUT2D eigenvalue weighted by Gasteiger charge is -2.07. The molecule has 1 aliphatic rings. The molecule has 5 nitrogen and oxygen atoms in total. The van der Waals surface area contributed by atoms with Crippen molar-refractivity contribution < 1.29 is 4.79 Å². The smallest absolute Gasteiger partial charge is 0.262 e. The fraction of sp³-hybridized carbons (Fsp3) is 0.316. The van der Waals surface area contributed by atoms with Crippen molar-refractivity contribution in [3.8, 4) is 11.1 Å². The van der Waals surface area contributed by atoms with Crippen molar-refractivity contribution in [3.05, 3.63) is 51.9 Å². The number of aromatic nitrogens is 2. The molecule has 0 atom stereocenters. The van der Waals surface area contributed by atoms with E-state index in [-0.39, 0.29) is 11.5 Å². The van der Waals surface area contributed by atoms with E-state index in [4.69, 9.17) is 0 Å². The van der Waals surface area contributed by atoms with Crippen molar-refractivity contribution in [2.24, 2.45) is 0 Å². The van der Waals surface area contributed by atoms with Crippen LogP contribution in [0.3, 0.4) is 0 Å². The Bertz CT molecular complexity index is 987. The molecule has 0 radical (unpaired) electrons. The van der Waals surface area contributed by atoms with Gasteiger partial charge in [-0.15, -0.1) is 11.3 Å². The first-order valence-electron chi connectivity index (χ1n) is 8.47. The van der Waals surface area contributed by atoms with E-state index >= 15 is 0 Å². The van der Waals surface area contributed by atoms with Crippen LogP contribution in [0.4, 0.5) is 0 Å². The second-order valence-electron chi connectivity index (χ2n) is 6.41. The summed E-state index contributed by atoms with van der Waals surface area (Å²) < 4.78 is 1.55. The number of carbonyl (C=O) groups excluding carboxylic acids is 1. The summed E-state index contributed by atoms with van der Waals surface area (Å²) in [4.78, 5) is 31.1. The predicted molar refractivity (Wildman–Crippen MR) is 99.8 cm³/mol. The first-order chi connectivity index (χ1) is 12.1. The van der Waals surface area contributed by atoms with Crippen LogP contribution in [0.1, 0.15) is 24.1 Å². The van der Waals surface area contributed by atoms with Gasteiger partial charge >= 0.3 is 0 Å². The van der Waals surface area contributed by atoms with E-state index in [1.54, 1.807) is 10.9 Å². The lowest BCUT2D eigenvalue weighted by Crippen LogP contribution is -2.28. The number of carbonyl (C=O) groups is 1.